The second-order valence-corrected chi connectivity index (χ2v) is 6.13. The summed E-state index contributed by atoms with van der Waals surface area (Å²) in [7, 11) is 0. The van der Waals surface area contributed by atoms with Gasteiger partial charge in [-0.05, 0) is 38.1 Å². The lowest BCUT2D eigenvalue weighted by Gasteiger charge is -2.13. The fourth-order valence-corrected chi connectivity index (χ4v) is 2.42. The molecule has 0 saturated carbocycles. The summed E-state index contributed by atoms with van der Waals surface area (Å²) in [6.07, 6.45) is 1.57. The van der Waals surface area contributed by atoms with Crippen LogP contribution in [0.1, 0.15) is 29.8 Å². The Bertz CT molecular complexity index is 774. The number of benzene rings is 2. The smallest absolute Gasteiger partial charge is 0.203 e. The number of Topliss-reactive ketones (excluding diaryl/α,β-unsaturated/α-hetero) is 1. The molecule has 0 unspecified atom stereocenters. The predicted octanol–water partition coefficient (Wildman–Crippen LogP) is 5.03. The minimum atomic E-state index is -0.302. The molecule has 3 nitrogen and oxygen atoms in total. The number of hydrogen-bond acceptors (Lipinski definition) is 3. The fraction of sp³-hybridized carbons (Fsp3) is 0.158. The minimum absolute atomic E-state index is 0.00122. The number of halogens is 1. The van der Waals surface area contributed by atoms with Gasteiger partial charge in [0, 0.05) is 15.6 Å². The monoisotopic (exact) mass is 369 g/mol. The number of nitrogens with zero attached hydrogens (tertiary/aromatic N) is 1. The van der Waals surface area contributed by atoms with Crippen LogP contribution < -0.4 is 4.74 Å². The van der Waals surface area contributed by atoms with E-state index in [1.165, 1.54) is 0 Å². The van der Waals surface area contributed by atoms with Crippen molar-refractivity contribution in [1.29, 1.82) is 5.26 Å². The highest BCUT2D eigenvalue weighted by Crippen LogP contribution is 2.27. The van der Waals surface area contributed by atoms with Gasteiger partial charge in [-0.25, -0.2) is 0 Å². The Morgan fingerprint density at radius 1 is 1.22 bits per heavy atom. The second kappa shape index (κ2) is 7.75. The third-order valence-electron chi connectivity index (χ3n) is 3.04. The normalized spacial score (nSPS) is 11.2. The van der Waals surface area contributed by atoms with Gasteiger partial charge in [0.15, 0.2) is 0 Å². The maximum atomic E-state index is 12.5. The minimum Gasteiger partial charge on any atom is -0.490 e. The molecule has 0 spiro atoms. The zero-order valence-corrected chi connectivity index (χ0v) is 14.5. The van der Waals surface area contributed by atoms with Gasteiger partial charge in [0.05, 0.1) is 6.10 Å². The van der Waals surface area contributed by atoms with E-state index in [2.05, 4.69) is 15.9 Å². The van der Waals surface area contributed by atoms with Crippen LogP contribution in [0.5, 0.6) is 5.75 Å². The van der Waals surface area contributed by atoms with Crippen molar-refractivity contribution in [2.45, 2.75) is 20.0 Å². The summed E-state index contributed by atoms with van der Waals surface area (Å²) in [6, 6.07) is 16.3. The van der Waals surface area contributed by atoms with Crippen molar-refractivity contribution in [3.63, 3.8) is 0 Å². The maximum absolute atomic E-state index is 12.5. The van der Waals surface area contributed by atoms with E-state index in [0.29, 0.717) is 16.9 Å². The summed E-state index contributed by atoms with van der Waals surface area (Å²) in [4.78, 5) is 12.5. The van der Waals surface area contributed by atoms with Gasteiger partial charge in [0.25, 0.3) is 0 Å². The number of carbonyl (C=O) groups excluding carboxylic acids is 1. The second-order valence-electron chi connectivity index (χ2n) is 5.21. The van der Waals surface area contributed by atoms with Gasteiger partial charge in [-0.1, -0.05) is 46.3 Å². The number of ether oxygens (including phenoxy) is 1. The van der Waals surface area contributed by atoms with Gasteiger partial charge in [0.1, 0.15) is 17.4 Å². The summed E-state index contributed by atoms with van der Waals surface area (Å²) >= 11 is 3.40. The van der Waals surface area contributed by atoms with E-state index in [9.17, 15) is 10.1 Å². The number of allylic oxidation sites excluding steroid dienone is 1. The van der Waals surface area contributed by atoms with Gasteiger partial charge in [-0.2, -0.15) is 5.26 Å². The molecule has 0 aromatic heterocycles. The lowest BCUT2D eigenvalue weighted by molar-refractivity contribution is 0.104. The van der Waals surface area contributed by atoms with Crippen molar-refractivity contribution >= 4 is 27.8 Å². The summed E-state index contributed by atoms with van der Waals surface area (Å²) in [5.74, 6) is 0.334. The quantitative estimate of drug-likeness (QED) is 0.422. The molecule has 0 aliphatic heterocycles. The first-order chi connectivity index (χ1) is 11.0. The highest BCUT2D eigenvalue weighted by Gasteiger charge is 2.13. The van der Waals surface area contributed by atoms with Gasteiger partial charge in [-0.15, -0.1) is 0 Å². The molecule has 0 aliphatic rings. The van der Waals surface area contributed by atoms with E-state index in [1.54, 1.807) is 30.3 Å². The maximum Gasteiger partial charge on any atom is 0.203 e. The molecule has 23 heavy (non-hydrogen) atoms. The fourth-order valence-electron chi connectivity index (χ4n) is 2.04. The summed E-state index contributed by atoms with van der Waals surface area (Å²) in [6.45, 7) is 3.85. The van der Waals surface area contributed by atoms with Crippen LogP contribution in [-0.2, 0) is 0 Å². The van der Waals surface area contributed by atoms with Crippen LogP contribution in [-0.4, -0.2) is 11.9 Å². The molecule has 0 heterocycles. The average molecular weight is 370 g/mol. The van der Waals surface area contributed by atoms with Gasteiger partial charge >= 0.3 is 0 Å². The first kappa shape index (κ1) is 17.0. The van der Waals surface area contributed by atoms with Crippen LogP contribution in [0.25, 0.3) is 6.08 Å². The van der Waals surface area contributed by atoms with Crippen LogP contribution in [0.15, 0.2) is 58.6 Å². The van der Waals surface area contributed by atoms with Gasteiger partial charge in [0.2, 0.25) is 5.78 Å². The SMILES string of the molecule is CC(C)Oc1ccc(Br)cc1/C=C(/C#N)C(=O)c1ccccc1. The molecular formula is C19H16BrNO2. The first-order valence-electron chi connectivity index (χ1n) is 7.19. The Kier molecular flexibility index (Phi) is 5.72. The largest absolute Gasteiger partial charge is 0.490 e. The molecule has 2 aromatic carbocycles. The Morgan fingerprint density at radius 2 is 1.91 bits per heavy atom. The third-order valence-corrected chi connectivity index (χ3v) is 3.53. The third kappa shape index (κ3) is 4.54. The van der Waals surface area contributed by atoms with E-state index in [0.717, 1.165) is 4.47 Å². The van der Waals surface area contributed by atoms with Crippen molar-refractivity contribution in [3.05, 3.63) is 69.7 Å². The summed E-state index contributed by atoms with van der Waals surface area (Å²) in [5.41, 5.74) is 1.25. The Morgan fingerprint density at radius 3 is 2.52 bits per heavy atom. The number of hydrogen-bond donors (Lipinski definition) is 0. The Labute approximate surface area is 144 Å². The van der Waals surface area contributed by atoms with Gasteiger partial charge < -0.3 is 4.74 Å². The molecule has 0 radical (unpaired) electrons. The Hall–Kier alpha value is -2.38. The van der Waals surface area contributed by atoms with E-state index < -0.39 is 0 Å². The zero-order chi connectivity index (χ0) is 16.8. The molecule has 0 amide bonds. The predicted molar refractivity (Wildman–Crippen MR) is 94.3 cm³/mol. The van der Waals surface area contributed by atoms with E-state index in [-0.39, 0.29) is 17.5 Å². The lowest BCUT2D eigenvalue weighted by Crippen LogP contribution is -2.07. The van der Waals surface area contributed by atoms with Crippen molar-refractivity contribution in [2.24, 2.45) is 0 Å². The molecule has 4 heteroatoms. The number of ketones is 1. The van der Waals surface area contributed by atoms with Crippen LogP contribution in [0.2, 0.25) is 0 Å². The van der Waals surface area contributed by atoms with Crippen LogP contribution in [0.4, 0.5) is 0 Å². The molecule has 116 valence electrons. The first-order valence-corrected chi connectivity index (χ1v) is 7.98. The average Bonchev–Trinajstić information content (AvgIpc) is 2.54. The molecule has 0 N–H and O–H groups in total. The highest BCUT2D eigenvalue weighted by molar-refractivity contribution is 9.10. The number of carbonyl (C=O) groups is 1. The van der Waals surface area contributed by atoms with Crippen molar-refractivity contribution in [1.82, 2.24) is 0 Å². The van der Waals surface area contributed by atoms with Crippen molar-refractivity contribution < 1.29 is 9.53 Å². The van der Waals surface area contributed by atoms with Crippen molar-refractivity contribution in [3.8, 4) is 11.8 Å². The van der Waals surface area contributed by atoms with Crippen LogP contribution in [0, 0.1) is 11.3 Å². The van der Waals surface area contributed by atoms with E-state index in [4.69, 9.17) is 4.74 Å². The number of rotatable bonds is 5. The molecule has 0 aliphatic carbocycles. The highest BCUT2D eigenvalue weighted by atomic mass is 79.9. The summed E-state index contributed by atoms with van der Waals surface area (Å²) in [5, 5.41) is 9.37. The topological polar surface area (TPSA) is 50.1 Å². The van der Waals surface area contributed by atoms with E-state index in [1.807, 2.05) is 44.2 Å². The lowest BCUT2D eigenvalue weighted by atomic mass is 10.0. The Balaban J connectivity index is 2.44. The van der Waals surface area contributed by atoms with E-state index >= 15 is 0 Å². The summed E-state index contributed by atoms with van der Waals surface area (Å²) < 4.78 is 6.60. The molecule has 0 saturated heterocycles. The molecule has 0 bridgehead atoms. The van der Waals surface area contributed by atoms with Gasteiger partial charge in [-0.3, -0.25) is 4.79 Å². The standard InChI is InChI=1S/C19H16BrNO2/c1-13(2)23-18-9-8-17(20)11-15(18)10-16(12-21)19(22)14-6-4-3-5-7-14/h3-11,13H,1-2H3/b16-10-. The molecular weight excluding hydrogens is 354 g/mol. The number of nitriles is 1. The van der Waals surface area contributed by atoms with Crippen LogP contribution in [0.3, 0.4) is 0 Å². The van der Waals surface area contributed by atoms with Crippen molar-refractivity contribution in [2.75, 3.05) is 0 Å². The zero-order valence-electron chi connectivity index (χ0n) is 12.9. The van der Waals surface area contributed by atoms with Crippen LogP contribution >= 0.6 is 15.9 Å². The molecule has 0 atom stereocenters. The molecule has 2 rings (SSSR count). The molecule has 0 fully saturated rings. The molecule has 2 aromatic rings.